The summed E-state index contributed by atoms with van der Waals surface area (Å²) in [6, 6.07) is 6.08. The molecule has 0 amide bonds. The molecule has 2 aromatic rings. The predicted octanol–water partition coefficient (Wildman–Crippen LogP) is 4.10. The molecule has 1 N–H and O–H groups in total. The van der Waals surface area contributed by atoms with Crippen LogP contribution in [0.1, 0.15) is 38.2 Å². The summed E-state index contributed by atoms with van der Waals surface area (Å²) in [7, 11) is 0. The smallest absolute Gasteiger partial charge is 0.313 e. The molecule has 21 heavy (non-hydrogen) atoms. The monoisotopic (exact) mass is 306 g/mol. The van der Waals surface area contributed by atoms with Crippen LogP contribution in [0.3, 0.4) is 0 Å². The van der Waals surface area contributed by atoms with Gasteiger partial charge in [-0.1, -0.05) is 50.1 Å². The molecule has 0 aliphatic carbocycles. The zero-order valence-electron chi connectivity index (χ0n) is 12.6. The van der Waals surface area contributed by atoms with Gasteiger partial charge in [-0.3, -0.25) is 4.79 Å². The Morgan fingerprint density at radius 3 is 2.86 bits per heavy atom. The van der Waals surface area contributed by atoms with Gasteiger partial charge in [0.05, 0.1) is 16.8 Å². The Bertz CT molecular complexity index is 622. The summed E-state index contributed by atoms with van der Waals surface area (Å²) >= 11 is 1.31. The molecule has 1 heterocycles. The Balaban J connectivity index is 2.27. The zero-order chi connectivity index (χ0) is 15.2. The van der Waals surface area contributed by atoms with E-state index in [1.165, 1.54) is 36.6 Å². The lowest BCUT2D eigenvalue weighted by Gasteiger charge is -2.09. The Labute approximate surface area is 129 Å². The minimum Gasteiger partial charge on any atom is -0.481 e. The minimum absolute atomic E-state index is 0.0529. The zero-order valence-corrected chi connectivity index (χ0v) is 13.4. The molecular weight excluding hydrogens is 284 g/mol. The molecule has 1 aromatic carbocycles. The number of imidazole rings is 1. The lowest BCUT2D eigenvalue weighted by Crippen LogP contribution is -2.04. The van der Waals surface area contributed by atoms with Crippen molar-refractivity contribution in [3.63, 3.8) is 0 Å². The summed E-state index contributed by atoms with van der Waals surface area (Å²) < 4.78 is 2.19. The van der Waals surface area contributed by atoms with E-state index in [9.17, 15) is 4.79 Å². The third-order valence-corrected chi connectivity index (χ3v) is 4.45. The largest absolute Gasteiger partial charge is 0.481 e. The molecular formula is C16H22N2O2S. The normalized spacial score (nSPS) is 11.1. The first kappa shape index (κ1) is 15.9. The minimum atomic E-state index is -0.804. The molecule has 0 bridgehead atoms. The average molecular weight is 306 g/mol. The number of rotatable bonds is 8. The first-order chi connectivity index (χ1) is 10.1. The summed E-state index contributed by atoms with van der Waals surface area (Å²) in [5.74, 6) is -0.751. The van der Waals surface area contributed by atoms with Crippen LogP contribution >= 0.6 is 11.8 Å². The van der Waals surface area contributed by atoms with Gasteiger partial charge < -0.3 is 9.67 Å². The highest BCUT2D eigenvalue weighted by Crippen LogP contribution is 2.27. The highest BCUT2D eigenvalue weighted by atomic mass is 32.2. The van der Waals surface area contributed by atoms with Gasteiger partial charge in [0.25, 0.3) is 0 Å². The van der Waals surface area contributed by atoms with E-state index in [1.54, 1.807) is 0 Å². The van der Waals surface area contributed by atoms with Crippen LogP contribution in [0, 0.1) is 6.92 Å². The molecule has 4 nitrogen and oxygen atoms in total. The van der Waals surface area contributed by atoms with E-state index in [-0.39, 0.29) is 5.75 Å². The van der Waals surface area contributed by atoms with Crippen LogP contribution < -0.4 is 0 Å². The van der Waals surface area contributed by atoms with Crippen molar-refractivity contribution in [3.05, 3.63) is 23.8 Å². The molecule has 0 saturated heterocycles. The van der Waals surface area contributed by atoms with E-state index in [4.69, 9.17) is 5.11 Å². The standard InChI is InChI=1S/C16H22N2O2S/c1-3-4-5-6-10-18-15-12(2)8-7-9-13(15)17-16(18)21-11-14(19)20/h7-9H,3-6,10-11H2,1-2H3,(H,19,20). The molecule has 0 aliphatic rings. The van der Waals surface area contributed by atoms with E-state index in [0.29, 0.717) is 0 Å². The van der Waals surface area contributed by atoms with Gasteiger partial charge in [0.15, 0.2) is 5.16 Å². The average Bonchev–Trinajstić information content (AvgIpc) is 2.80. The molecule has 0 aliphatic heterocycles. The Morgan fingerprint density at radius 2 is 2.14 bits per heavy atom. The number of carboxylic acids is 1. The molecule has 114 valence electrons. The number of aryl methyl sites for hydroxylation is 2. The molecule has 0 atom stereocenters. The maximum Gasteiger partial charge on any atom is 0.313 e. The first-order valence-corrected chi connectivity index (χ1v) is 8.42. The summed E-state index contributed by atoms with van der Waals surface area (Å²) in [5.41, 5.74) is 3.29. The van der Waals surface area contributed by atoms with Gasteiger partial charge in [0, 0.05) is 6.54 Å². The number of carbonyl (C=O) groups is 1. The number of hydrogen-bond donors (Lipinski definition) is 1. The Hall–Kier alpha value is -1.49. The van der Waals surface area contributed by atoms with Crippen LogP contribution in [-0.4, -0.2) is 26.4 Å². The van der Waals surface area contributed by atoms with Crippen molar-refractivity contribution in [1.29, 1.82) is 0 Å². The van der Waals surface area contributed by atoms with Crippen LogP contribution in [0.25, 0.3) is 11.0 Å². The maximum atomic E-state index is 10.8. The molecule has 0 saturated carbocycles. The third-order valence-electron chi connectivity index (χ3n) is 3.49. The number of fused-ring (bicyclic) bond motifs is 1. The van der Waals surface area contributed by atoms with Gasteiger partial charge in [-0.25, -0.2) is 4.98 Å². The number of aromatic nitrogens is 2. The molecule has 5 heteroatoms. The van der Waals surface area contributed by atoms with E-state index >= 15 is 0 Å². The maximum absolute atomic E-state index is 10.8. The lowest BCUT2D eigenvalue weighted by molar-refractivity contribution is -0.133. The van der Waals surface area contributed by atoms with Crippen molar-refractivity contribution < 1.29 is 9.90 Å². The Kier molecular flexibility index (Phi) is 5.67. The van der Waals surface area contributed by atoms with Crippen molar-refractivity contribution in [2.45, 2.75) is 51.2 Å². The first-order valence-electron chi connectivity index (χ1n) is 7.44. The third kappa shape index (κ3) is 4.00. The molecule has 2 rings (SSSR count). The van der Waals surface area contributed by atoms with Crippen molar-refractivity contribution in [1.82, 2.24) is 9.55 Å². The van der Waals surface area contributed by atoms with E-state index < -0.39 is 5.97 Å². The van der Waals surface area contributed by atoms with Crippen LogP contribution in [0.4, 0.5) is 0 Å². The van der Waals surface area contributed by atoms with Gasteiger partial charge in [-0.05, 0) is 25.0 Å². The van der Waals surface area contributed by atoms with Crippen molar-refractivity contribution >= 4 is 28.8 Å². The van der Waals surface area contributed by atoms with Crippen LogP contribution in [0.2, 0.25) is 0 Å². The Morgan fingerprint density at radius 1 is 1.33 bits per heavy atom. The second-order valence-corrected chi connectivity index (χ2v) is 6.17. The van der Waals surface area contributed by atoms with Crippen LogP contribution in [0.15, 0.2) is 23.4 Å². The summed E-state index contributed by atoms with van der Waals surface area (Å²) in [4.78, 5) is 15.4. The molecule has 0 unspecified atom stereocenters. The number of nitrogens with zero attached hydrogens (tertiary/aromatic N) is 2. The molecule has 0 spiro atoms. The number of carboxylic acid groups (broad SMARTS) is 1. The van der Waals surface area contributed by atoms with E-state index in [1.807, 2.05) is 12.1 Å². The van der Waals surface area contributed by atoms with Crippen molar-refractivity contribution in [3.8, 4) is 0 Å². The second-order valence-electron chi connectivity index (χ2n) is 5.23. The summed E-state index contributed by atoms with van der Waals surface area (Å²) in [6.45, 7) is 5.19. The van der Waals surface area contributed by atoms with Gasteiger partial charge in [-0.15, -0.1) is 0 Å². The summed E-state index contributed by atoms with van der Waals surface area (Å²) in [6.07, 6.45) is 4.76. The highest BCUT2D eigenvalue weighted by Gasteiger charge is 2.13. The quantitative estimate of drug-likeness (QED) is 0.589. The van der Waals surface area contributed by atoms with Gasteiger partial charge >= 0.3 is 5.97 Å². The fraction of sp³-hybridized carbons (Fsp3) is 0.500. The van der Waals surface area contributed by atoms with Crippen molar-refractivity contribution in [2.24, 2.45) is 0 Å². The summed E-state index contributed by atoms with van der Waals surface area (Å²) in [5, 5.41) is 9.70. The van der Waals surface area contributed by atoms with Gasteiger partial charge in [-0.2, -0.15) is 0 Å². The number of benzene rings is 1. The van der Waals surface area contributed by atoms with Gasteiger partial charge in [0.2, 0.25) is 0 Å². The van der Waals surface area contributed by atoms with Gasteiger partial charge in [0.1, 0.15) is 0 Å². The number of hydrogen-bond acceptors (Lipinski definition) is 3. The SMILES string of the molecule is CCCCCCn1c(SCC(=O)O)nc2cccc(C)c21. The lowest BCUT2D eigenvalue weighted by atomic mass is 10.2. The molecule has 0 radical (unpaired) electrons. The predicted molar refractivity (Wildman–Crippen MR) is 87.0 cm³/mol. The van der Waals surface area contributed by atoms with Crippen molar-refractivity contribution in [2.75, 3.05) is 5.75 Å². The fourth-order valence-corrected chi connectivity index (χ4v) is 3.24. The molecule has 0 fully saturated rings. The molecule has 1 aromatic heterocycles. The van der Waals surface area contributed by atoms with Crippen LogP contribution in [0.5, 0.6) is 0 Å². The number of unbranched alkanes of at least 4 members (excludes halogenated alkanes) is 3. The van der Waals surface area contributed by atoms with Crippen LogP contribution in [-0.2, 0) is 11.3 Å². The van der Waals surface area contributed by atoms with E-state index in [2.05, 4.69) is 29.5 Å². The number of para-hydroxylation sites is 1. The number of thioether (sulfide) groups is 1. The number of aliphatic carboxylic acids is 1. The highest BCUT2D eigenvalue weighted by molar-refractivity contribution is 7.99. The second kappa shape index (κ2) is 7.50. The topological polar surface area (TPSA) is 55.1 Å². The van der Waals surface area contributed by atoms with E-state index in [0.717, 1.165) is 29.2 Å². The fourth-order valence-electron chi connectivity index (χ4n) is 2.48.